The van der Waals surface area contributed by atoms with E-state index in [2.05, 4.69) is 17.2 Å². The van der Waals surface area contributed by atoms with Gasteiger partial charge in [-0.3, -0.25) is 4.79 Å². The molecule has 5 heteroatoms. The predicted octanol–water partition coefficient (Wildman–Crippen LogP) is 2.58. The number of hydrogen-bond donors (Lipinski definition) is 2. The van der Waals surface area contributed by atoms with Crippen molar-refractivity contribution in [3.8, 4) is 5.69 Å². The zero-order valence-electron chi connectivity index (χ0n) is 12.3. The van der Waals surface area contributed by atoms with Gasteiger partial charge in [0, 0.05) is 18.8 Å². The second-order valence-corrected chi connectivity index (χ2v) is 5.26. The standard InChI is InChI=1S/C16H22N4O/c1-13(8-9-17)6-7-16(21)19-14-4-2-3-5-15(14)20-11-10-18-12-20/h2-5,10-13H,6-9,17H2,1H3,(H,19,21). The molecule has 0 saturated heterocycles. The van der Waals surface area contributed by atoms with Gasteiger partial charge in [-0.15, -0.1) is 0 Å². The topological polar surface area (TPSA) is 72.9 Å². The molecule has 1 amide bonds. The molecule has 21 heavy (non-hydrogen) atoms. The molecule has 1 aromatic carbocycles. The summed E-state index contributed by atoms with van der Waals surface area (Å²) < 4.78 is 1.88. The Balaban J connectivity index is 1.98. The Bertz CT molecular complexity index is 565. The van der Waals surface area contributed by atoms with E-state index in [-0.39, 0.29) is 5.91 Å². The van der Waals surface area contributed by atoms with Crippen molar-refractivity contribution < 1.29 is 4.79 Å². The van der Waals surface area contributed by atoms with Crippen LogP contribution in [-0.4, -0.2) is 22.0 Å². The van der Waals surface area contributed by atoms with E-state index in [4.69, 9.17) is 5.73 Å². The molecule has 112 valence electrons. The van der Waals surface area contributed by atoms with Crippen molar-refractivity contribution >= 4 is 11.6 Å². The van der Waals surface area contributed by atoms with Crippen LogP contribution in [0.25, 0.3) is 5.69 Å². The lowest BCUT2D eigenvalue weighted by Crippen LogP contribution is -2.15. The van der Waals surface area contributed by atoms with Gasteiger partial charge in [-0.25, -0.2) is 4.98 Å². The maximum absolute atomic E-state index is 12.1. The Hall–Kier alpha value is -2.14. The molecular weight excluding hydrogens is 264 g/mol. The lowest BCUT2D eigenvalue weighted by Gasteiger charge is -2.13. The summed E-state index contributed by atoms with van der Waals surface area (Å²) in [5.41, 5.74) is 7.24. The number of imidazole rings is 1. The van der Waals surface area contributed by atoms with E-state index in [1.807, 2.05) is 35.0 Å². The first kappa shape index (κ1) is 15.3. The summed E-state index contributed by atoms with van der Waals surface area (Å²) in [5, 5.41) is 2.98. The number of rotatable bonds is 7. The molecule has 0 aliphatic heterocycles. The van der Waals surface area contributed by atoms with Gasteiger partial charge in [0.25, 0.3) is 0 Å². The fourth-order valence-electron chi connectivity index (χ4n) is 2.23. The van der Waals surface area contributed by atoms with Gasteiger partial charge in [0.05, 0.1) is 17.7 Å². The molecule has 0 fully saturated rings. The zero-order valence-corrected chi connectivity index (χ0v) is 12.3. The molecule has 1 atom stereocenters. The van der Waals surface area contributed by atoms with Gasteiger partial charge in [0.2, 0.25) is 5.91 Å². The summed E-state index contributed by atoms with van der Waals surface area (Å²) in [5.74, 6) is 0.510. The number of carbonyl (C=O) groups excluding carboxylic acids is 1. The second kappa shape index (κ2) is 7.59. The Kier molecular flexibility index (Phi) is 5.51. The largest absolute Gasteiger partial charge is 0.330 e. The summed E-state index contributed by atoms with van der Waals surface area (Å²) in [7, 11) is 0. The molecule has 0 saturated carbocycles. The molecule has 0 bridgehead atoms. The van der Waals surface area contributed by atoms with E-state index in [0.29, 0.717) is 18.9 Å². The molecule has 5 nitrogen and oxygen atoms in total. The van der Waals surface area contributed by atoms with E-state index in [0.717, 1.165) is 24.2 Å². The third-order valence-corrected chi connectivity index (χ3v) is 3.48. The van der Waals surface area contributed by atoms with Gasteiger partial charge in [-0.1, -0.05) is 19.1 Å². The van der Waals surface area contributed by atoms with Crippen LogP contribution in [0.2, 0.25) is 0 Å². The SMILES string of the molecule is CC(CCN)CCC(=O)Nc1ccccc1-n1ccnc1. The van der Waals surface area contributed by atoms with Crippen molar-refractivity contribution in [2.75, 3.05) is 11.9 Å². The van der Waals surface area contributed by atoms with E-state index >= 15 is 0 Å². The number of carbonyl (C=O) groups is 1. The van der Waals surface area contributed by atoms with Crippen molar-refractivity contribution in [3.05, 3.63) is 43.0 Å². The van der Waals surface area contributed by atoms with E-state index < -0.39 is 0 Å². The number of anilines is 1. The predicted molar refractivity (Wildman–Crippen MR) is 84.3 cm³/mol. The van der Waals surface area contributed by atoms with E-state index in [1.54, 1.807) is 12.5 Å². The number of nitrogens with zero attached hydrogens (tertiary/aromatic N) is 2. The first-order chi connectivity index (χ1) is 10.2. The minimum atomic E-state index is 0.0337. The number of nitrogens with two attached hydrogens (primary N) is 1. The van der Waals surface area contributed by atoms with Gasteiger partial charge >= 0.3 is 0 Å². The molecule has 0 aliphatic rings. The highest BCUT2D eigenvalue weighted by Crippen LogP contribution is 2.20. The molecule has 1 aromatic heterocycles. The van der Waals surface area contributed by atoms with Crippen LogP contribution in [0.15, 0.2) is 43.0 Å². The lowest BCUT2D eigenvalue weighted by atomic mass is 10.0. The highest BCUT2D eigenvalue weighted by atomic mass is 16.1. The Labute approximate surface area is 125 Å². The summed E-state index contributed by atoms with van der Waals surface area (Å²) in [6.07, 6.45) is 7.62. The van der Waals surface area contributed by atoms with Crippen LogP contribution in [0.1, 0.15) is 26.2 Å². The number of hydrogen-bond acceptors (Lipinski definition) is 3. The Morgan fingerprint density at radius 2 is 2.19 bits per heavy atom. The molecule has 3 N–H and O–H groups in total. The zero-order chi connectivity index (χ0) is 15.1. The Morgan fingerprint density at radius 1 is 1.38 bits per heavy atom. The van der Waals surface area contributed by atoms with Crippen LogP contribution in [0, 0.1) is 5.92 Å². The molecule has 2 rings (SSSR count). The maximum atomic E-state index is 12.1. The summed E-state index contributed by atoms with van der Waals surface area (Å²) in [4.78, 5) is 16.1. The maximum Gasteiger partial charge on any atom is 0.224 e. The minimum Gasteiger partial charge on any atom is -0.330 e. The number of benzene rings is 1. The van der Waals surface area contributed by atoms with Gasteiger partial charge in [0.1, 0.15) is 0 Å². The van der Waals surface area contributed by atoms with Gasteiger partial charge in [0.15, 0.2) is 0 Å². The van der Waals surface area contributed by atoms with Crippen LogP contribution in [-0.2, 0) is 4.79 Å². The van der Waals surface area contributed by atoms with Crippen molar-refractivity contribution in [3.63, 3.8) is 0 Å². The minimum absolute atomic E-state index is 0.0337. The monoisotopic (exact) mass is 286 g/mol. The first-order valence-corrected chi connectivity index (χ1v) is 7.28. The van der Waals surface area contributed by atoms with Gasteiger partial charge in [-0.2, -0.15) is 0 Å². The van der Waals surface area contributed by atoms with Gasteiger partial charge < -0.3 is 15.6 Å². The number of amides is 1. The summed E-state index contributed by atoms with van der Waals surface area (Å²) in [6, 6.07) is 7.70. The number of para-hydroxylation sites is 2. The lowest BCUT2D eigenvalue weighted by molar-refractivity contribution is -0.116. The molecule has 1 unspecified atom stereocenters. The highest BCUT2D eigenvalue weighted by molar-refractivity contribution is 5.92. The van der Waals surface area contributed by atoms with Crippen molar-refractivity contribution in [2.45, 2.75) is 26.2 Å². The van der Waals surface area contributed by atoms with Crippen molar-refractivity contribution in [1.82, 2.24) is 9.55 Å². The molecule has 1 heterocycles. The fraction of sp³-hybridized carbons (Fsp3) is 0.375. The highest BCUT2D eigenvalue weighted by Gasteiger charge is 2.09. The molecule has 0 radical (unpaired) electrons. The number of aromatic nitrogens is 2. The first-order valence-electron chi connectivity index (χ1n) is 7.28. The Morgan fingerprint density at radius 3 is 2.90 bits per heavy atom. The van der Waals surface area contributed by atoms with Crippen LogP contribution in [0.3, 0.4) is 0 Å². The number of nitrogens with one attached hydrogen (secondary N) is 1. The van der Waals surface area contributed by atoms with Crippen LogP contribution < -0.4 is 11.1 Å². The summed E-state index contributed by atoms with van der Waals surface area (Å²) in [6.45, 7) is 2.80. The van der Waals surface area contributed by atoms with Crippen LogP contribution >= 0.6 is 0 Å². The normalized spacial score (nSPS) is 12.1. The average molecular weight is 286 g/mol. The van der Waals surface area contributed by atoms with E-state index in [9.17, 15) is 4.79 Å². The van der Waals surface area contributed by atoms with Crippen molar-refractivity contribution in [2.24, 2.45) is 11.7 Å². The molecule has 2 aromatic rings. The molecule has 0 aliphatic carbocycles. The smallest absolute Gasteiger partial charge is 0.224 e. The third-order valence-electron chi connectivity index (χ3n) is 3.48. The average Bonchev–Trinajstić information content (AvgIpc) is 3.00. The van der Waals surface area contributed by atoms with Crippen molar-refractivity contribution in [1.29, 1.82) is 0 Å². The second-order valence-electron chi connectivity index (χ2n) is 5.26. The molecular formula is C16H22N4O. The van der Waals surface area contributed by atoms with E-state index in [1.165, 1.54) is 0 Å². The fourth-order valence-corrected chi connectivity index (χ4v) is 2.23. The van der Waals surface area contributed by atoms with Gasteiger partial charge in [-0.05, 0) is 37.4 Å². The molecule has 0 spiro atoms. The third kappa shape index (κ3) is 4.43. The van der Waals surface area contributed by atoms with Crippen LogP contribution in [0.5, 0.6) is 0 Å². The quantitative estimate of drug-likeness (QED) is 0.821. The van der Waals surface area contributed by atoms with Crippen LogP contribution in [0.4, 0.5) is 5.69 Å². The summed E-state index contributed by atoms with van der Waals surface area (Å²) >= 11 is 0.